The molecule has 5 aliphatic rings. The number of nitrogens with zero attached hydrogens (tertiary/aromatic N) is 7. The molecule has 52 heavy (non-hydrogen) atoms. The van der Waals surface area contributed by atoms with Crippen molar-refractivity contribution in [1.82, 2.24) is 29.5 Å². The molecule has 0 unspecified atom stereocenters. The largest absolute Gasteiger partial charge is 0.508 e. The molecule has 0 radical (unpaired) electrons. The molecule has 1 N–H and O–H groups in total. The maximum Gasteiger partial charge on any atom is 0.319 e. The molecule has 1 saturated carbocycles. The topological polar surface area (TPSA) is 82.8 Å². The van der Waals surface area contributed by atoms with Crippen LogP contribution in [0.1, 0.15) is 44.1 Å². The number of ether oxygens (including phenoxy) is 1. The second-order valence-corrected chi connectivity index (χ2v) is 15.9. The lowest BCUT2D eigenvalue weighted by atomic mass is 9.89. The number of piperazine rings is 1. The number of aryl methyl sites for hydroxylation is 1. The normalized spacial score (nSPS) is 28.1. The van der Waals surface area contributed by atoms with Gasteiger partial charge in [-0.25, -0.2) is 17.6 Å². The van der Waals surface area contributed by atoms with Gasteiger partial charge in [0.2, 0.25) is 0 Å². The summed E-state index contributed by atoms with van der Waals surface area (Å²) in [7, 11) is 3.83. The third kappa shape index (κ3) is 4.40. The Morgan fingerprint density at radius 3 is 2.54 bits per heavy atom. The monoisotopic (exact) mass is 711 g/mol. The molecule has 4 saturated heterocycles. The van der Waals surface area contributed by atoms with Gasteiger partial charge in [0.15, 0.2) is 5.82 Å². The molecular weight excluding hydrogens is 674 g/mol. The van der Waals surface area contributed by atoms with Gasteiger partial charge in [-0.1, -0.05) is 12.0 Å². The molecule has 9 nitrogen and oxygen atoms in total. The Kier molecular flexibility index (Phi) is 6.59. The van der Waals surface area contributed by atoms with E-state index < -0.39 is 28.5 Å². The number of aromatic hydroxyl groups is 1. The lowest BCUT2D eigenvalue weighted by Gasteiger charge is -2.40. The first-order valence-corrected chi connectivity index (χ1v) is 17.9. The van der Waals surface area contributed by atoms with Crippen molar-refractivity contribution in [3.8, 4) is 35.2 Å². The van der Waals surface area contributed by atoms with Crippen molar-refractivity contribution in [2.24, 2.45) is 12.5 Å². The van der Waals surface area contributed by atoms with Crippen molar-refractivity contribution >= 4 is 38.4 Å². The first kappa shape index (κ1) is 32.0. The molecule has 3 aromatic carbocycles. The average Bonchev–Trinajstić information content (AvgIpc) is 3.57. The number of phenols is 1. The number of hydrogen-bond donors (Lipinski definition) is 1. The fourth-order valence-electron chi connectivity index (χ4n) is 10.3. The van der Waals surface area contributed by atoms with Gasteiger partial charge in [-0.3, -0.25) is 9.58 Å². The van der Waals surface area contributed by atoms with Gasteiger partial charge in [0.25, 0.3) is 5.92 Å². The van der Waals surface area contributed by atoms with Crippen molar-refractivity contribution in [3.05, 3.63) is 47.7 Å². The maximum absolute atomic E-state index is 17.7. The molecule has 1 aliphatic carbocycles. The Labute approximate surface area is 297 Å². The van der Waals surface area contributed by atoms with Gasteiger partial charge >= 0.3 is 6.01 Å². The number of hydrogen-bond acceptors (Lipinski definition) is 8. The molecule has 10 rings (SSSR count). The summed E-state index contributed by atoms with van der Waals surface area (Å²) in [6.45, 7) is 2.78. The van der Waals surface area contributed by atoms with E-state index in [1.165, 1.54) is 24.3 Å². The lowest BCUT2D eigenvalue weighted by Crippen LogP contribution is -2.53. The summed E-state index contributed by atoms with van der Waals surface area (Å²) < 4.78 is 70.2. The van der Waals surface area contributed by atoms with Crippen LogP contribution in [0.3, 0.4) is 0 Å². The molecule has 5 fully saturated rings. The van der Waals surface area contributed by atoms with E-state index in [1.807, 2.05) is 0 Å². The van der Waals surface area contributed by atoms with E-state index >= 15 is 8.78 Å². The van der Waals surface area contributed by atoms with E-state index in [0.717, 1.165) is 45.3 Å². The van der Waals surface area contributed by atoms with Crippen molar-refractivity contribution in [1.29, 1.82) is 0 Å². The second-order valence-electron chi connectivity index (χ2n) is 15.9. The molecule has 0 amide bonds. The van der Waals surface area contributed by atoms with Crippen molar-refractivity contribution in [3.63, 3.8) is 0 Å². The second kappa shape index (κ2) is 10.7. The molecule has 2 bridgehead atoms. The minimum Gasteiger partial charge on any atom is -0.508 e. The first-order valence-electron chi connectivity index (χ1n) is 17.9. The van der Waals surface area contributed by atoms with E-state index in [1.54, 1.807) is 17.9 Å². The quantitative estimate of drug-likeness (QED) is 0.170. The zero-order valence-electron chi connectivity index (χ0n) is 28.9. The summed E-state index contributed by atoms with van der Waals surface area (Å²) >= 11 is 0. The van der Waals surface area contributed by atoms with Crippen molar-refractivity contribution < 1.29 is 27.4 Å². The van der Waals surface area contributed by atoms with Crippen LogP contribution in [0.5, 0.6) is 11.8 Å². The Bertz CT molecular complexity index is 2400. The average molecular weight is 712 g/mol. The highest BCUT2D eigenvalue weighted by Gasteiger charge is 2.77. The SMILES string of the molecule is C#Cc1c(F)ccc2cc(O)cc(-c3c(F)c4nc(OC[C@@]56CCCN5C[C@@]5(CC5(F)F)C6)nc(N5[C@@H]6CC[C@H]5CN(C)C6)c4c4cn(C)nc34)c12. The maximum atomic E-state index is 17.7. The number of alkyl halides is 2. The molecule has 5 aromatic rings. The summed E-state index contributed by atoms with van der Waals surface area (Å²) in [4.78, 5) is 16.5. The highest BCUT2D eigenvalue weighted by Crippen LogP contribution is 2.69. The Hall–Kier alpha value is -4.67. The number of likely N-dealkylation sites (tertiary alicyclic amines) is 1. The Morgan fingerprint density at radius 1 is 1.04 bits per heavy atom. The number of aromatic nitrogens is 4. The third-order valence-electron chi connectivity index (χ3n) is 12.6. The van der Waals surface area contributed by atoms with E-state index in [4.69, 9.17) is 26.2 Å². The predicted octanol–water partition coefficient (Wildman–Crippen LogP) is 6.23. The summed E-state index contributed by atoms with van der Waals surface area (Å²) in [5.74, 6) is -1.26. The summed E-state index contributed by atoms with van der Waals surface area (Å²) in [5.41, 5.74) is -1.19. The first-order chi connectivity index (χ1) is 24.9. The minimum absolute atomic E-state index is 0.0114. The van der Waals surface area contributed by atoms with Crippen LogP contribution < -0.4 is 9.64 Å². The molecule has 4 aliphatic heterocycles. The van der Waals surface area contributed by atoms with Gasteiger partial charge in [0, 0.05) is 67.7 Å². The van der Waals surface area contributed by atoms with Gasteiger partial charge < -0.3 is 19.6 Å². The van der Waals surface area contributed by atoms with Crippen LogP contribution in [0, 0.1) is 29.4 Å². The number of anilines is 1. The van der Waals surface area contributed by atoms with E-state index in [0.29, 0.717) is 34.9 Å². The zero-order chi connectivity index (χ0) is 35.9. The molecular formula is C39H37F4N7O2. The number of benzene rings is 3. The van der Waals surface area contributed by atoms with Gasteiger partial charge in [-0.05, 0) is 74.8 Å². The third-order valence-corrected chi connectivity index (χ3v) is 12.6. The zero-order valence-corrected chi connectivity index (χ0v) is 28.9. The summed E-state index contributed by atoms with van der Waals surface area (Å²) in [6, 6.07) is 5.76. The lowest BCUT2D eigenvalue weighted by molar-refractivity contribution is 0.0647. The number of likely N-dealkylation sites (N-methyl/N-ethyl adjacent to an activating group) is 1. The Balaban J connectivity index is 1.20. The van der Waals surface area contributed by atoms with Gasteiger partial charge in [-0.15, -0.1) is 6.42 Å². The van der Waals surface area contributed by atoms with Crippen LogP contribution in [0.2, 0.25) is 0 Å². The van der Waals surface area contributed by atoms with Crippen LogP contribution >= 0.6 is 0 Å². The van der Waals surface area contributed by atoms with E-state index in [9.17, 15) is 13.9 Å². The number of halogens is 4. The number of phenolic OH excluding ortho intramolecular Hbond substituents is 1. The van der Waals surface area contributed by atoms with Crippen LogP contribution in [-0.2, 0) is 7.05 Å². The number of rotatable bonds is 5. The number of fused-ring (bicyclic) bond motifs is 7. The van der Waals surface area contributed by atoms with Crippen LogP contribution in [-0.4, -0.2) is 98.0 Å². The fourth-order valence-corrected chi connectivity index (χ4v) is 10.3. The summed E-state index contributed by atoms with van der Waals surface area (Å²) in [5, 5.41) is 17.3. The molecule has 6 heterocycles. The van der Waals surface area contributed by atoms with Crippen molar-refractivity contribution in [2.75, 3.05) is 44.7 Å². The van der Waals surface area contributed by atoms with E-state index in [-0.39, 0.29) is 70.0 Å². The summed E-state index contributed by atoms with van der Waals surface area (Å²) in [6.07, 6.45) is 11.3. The molecule has 4 atom stereocenters. The van der Waals surface area contributed by atoms with E-state index in [2.05, 4.69) is 27.7 Å². The van der Waals surface area contributed by atoms with Crippen molar-refractivity contribution in [2.45, 2.75) is 62.1 Å². The highest BCUT2D eigenvalue weighted by atomic mass is 19.3. The minimum atomic E-state index is -2.68. The van der Waals surface area contributed by atoms with Gasteiger partial charge in [0.05, 0.1) is 21.9 Å². The van der Waals surface area contributed by atoms with Crippen LogP contribution in [0.4, 0.5) is 23.4 Å². The van der Waals surface area contributed by atoms with Crippen LogP contribution in [0.25, 0.3) is 43.7 Å². The Morgan fingerprint density at radius 2 is 1.81 bits per heavy atom. The standard InChI is InChI=1S/C39H37F4N7O2/c1-4-25-28(40)9-6-21-12-24(51)13-26(29(21)25)30-32(41)34-31(27-16-48(3)46-33(27)30)35(50-22-7-8-23(50)15-47(2)14-22)45-36(44-34)52-20-38-10-5-11-49(38)19-37(17-38)18-39(37,42)43/h1,6,9,12-13,16,22-23,51H,5,7-8,10-11,14-15,17-20H2,2-3H3/t22-,23+,37-,38-/m0/s1. The fraction of sp³-hybridized carbons (Fsp3) is 0.462. The highest BCUT2D eigenvalue weighted by molar-refractivity contribution is 6.18. The molecule has 1 spiro atoms. The van der Waals surface area contributed by atoms with Crippen LogP contribution in [0.15, 0.2) is 30.5 Å². The molecule has 2 aromatic heterocycles. The predicted molar refractivity (Wildman–Crippen MR) is 189 cm³/mol. The van der Waals surface area contributed by atoms with Gasteiger partial charge in [-0.2, -0.15) is 15.1 Å². The molecule has 268 valence electrons. The van der Waals surface area contributed by atoms with Gasteiger partial charge in [0.1, 0.15) is 35.0 Å². The number of terminal acetylenes is 1. The molecule has 13 heteroatoms. The smallest absolute Gasteiger partial charge is 0.319 e.